The van der Waals surface area contributed by atoms with E-state index < -0.39 is 0 Å². The highest BCUT2D eigenvalue weighted by atomic mass is 16.6. The molecule has 0 radical (unpaired) electrons. The molecule has 1 saturated carbocycles. The molecule has 0 spiro atoms. The average molecular weight is 281 g/mol. The van der Waals surface area contributed by atoms with E-state index >= 15 is 0 Å². The van der Waals surface area contributed by atoms with Crippen molar-refractivity contribution >= 4 is 5.90 Å². The van der Waals surface area contributed by atoms with E-state index in [1.165, 1.54) is 25.7 Å². The molecule has 20 heavy (non-hydrogen) atoms. The Hall–Kier alpha value is -0.770. The Balaban J connectivity index is 1.91. The monoisotopic (exact) mass is 281 g/mol. The van der Waals surface area contributed by atoms with Crippen molar-refractivity contribution in [1.29, 1.82) is 0 Å². The predicted molar refractivity (Wildman–Crippen MR) is 83.3 cm³/mol. The lowest BCUT2D eigenvalue weighted by atomic mass is 9.70. The molecule has 1 atom stereocenters. The zero-order chi connectivity index (χ0) is 14.9. The van der Waals surface area contributed by atoms with E-state index in [2.05, 4.69) is 44.7 Å². The van der Waals surface area contributed by atoms with E-state index in [1.54, 1.807) is 0 Å². The molecule has 2 aliphatic rings. The summed E-state index contributed by atoms with van der Waals surface area (Å²) in [5.74, 6) is 2.32. The molecule has 1 aliphatic carbocycles. The maximum atomic E-state index is 6.09. The number of nitrogens with zero attached hydrogens (tertiary/aromatic N) is 3. The molecule has 2 rings (SSSR count). The maximum Gasteiger partial charge on any atom is 0.248 e. The molecule has 0 amide bonds. The normalized spacial score (nSPS) is 31.4. The molecule has 1 heterocycles. The molecule has 4 heteroatoms. The molecule has 1 unspecified atom stereocenters. The van der Waals surface area contributed by atoms with Crippen molar-refractivity contribution < 1.29 is 4.74 Å². The van der Waals surface area contributed by atoms with Crippen LogP contribution in [0.25, 0.3) is 0 Å². The van der Waals surface area contributed by atoms with Gasteiger partial charge in [-0.05, 0) is 44.1 Å². The van der Waals surface area contributed by atoms with Crippen molar-refractivity contribution in [3.63, 3.8) is 0 Å². The second kappa shape index (κ2) is 5.92. The summed E-state index contributed by atoms with van der Waals surface area (Å²) < 4.78 is 6.09. The molecule has 1 fully saturated rings. The third kappa shape index (κ3) is 3.27. The summed E-state index contributed by atoms with van der Waals surface area (Å²) in [6.45, 7) is 10.2. The molecule has 4 nitrogen and oxygen atoms in total. The molecule has 0 saturated heterocycles. The standard InChI is InChI=1S/C16H31N3O/c1-7-18(5)15-19(6)17-14(20-15)12-8-10-13(11-9-12)16(2,3)4/h12-13,15H,7-11H2,1-6H3. The van der Waals surface area contributed by atoms with Crippen LogP contribution in [0, 0.1) is 17.3 Å². The second-order valence-corrected chi connectivity index (χ2v) is 7.44. The zero-order valence-electron chi connectivity index (χ0n) is 14.0. The Morgan fingerprint density at radius 2 is 1.85 bits per heavy atom. The van der Waals surface area contributed by atoms with Crippen LogP contribution in [-0.2, 0) is 4.74 Å². The van der Waals surface area contributed by atoms with Gasteiger partial charge in [-0.3, -0.25) is 4.90 Å². The van der Waals surface area contributed by atoms with Crippen LogP contribution in [0.5, 0.6) is 0 Å². The SMILES string of the molecule is CCN(C)C1OC(C2CCC(C(C)(C)C)CC2)=NN1C. The summed E-state index contributed by atoms with van der Waals surface area (Å²) in [6.07, 6.45) is 5.02. The minimum absolute atomic E-state index is 0.0182. The number of hydrogen-bond acceptors (Lipinski definition) is 4. The first-order valence-corrected chi connectivity index (χ1v) is 8.01. The van der Waals surface area contributed by atoms with E-state index in [-0.39, 0.29) is 6.35 Å². The fraction of sp³-hybridized carbons (Fsp3) is 0.938. The highest BCUT2D eigenvalue weighted by Crippen LogP contribution is 2.41. The third-order valence-corrected chi connectivity index (χ3v) is 4.98. The summed E-state index contributed by atoms with van der Waals surface area (Å²) in [7, 11) is 4.08. The van der Waals surface area contributed by atoms with E-state index in [4.69, 9.17) is 4.74 Å². The molecule has 116 valence electrons. The van der Waals surface area contributed by atoms with Crippen LogP contribution in [-0.4, -0.2) is 42.8 Å². The van der Waals surface area contributed by atoms with Crippen LogP contribution in [0.3, 0.4) is 0 Å². The van der Waals surface area contributed by atoms with Gasteiger partial charge in [0, 0.05) is 19.5 Å². The van der Waals surface area contributed by atoms with Crippen LogP contribution in [0.1, 0.15) is 53.4 Å². The maximum absolute atomic E-state index is 6.09. The summed E-state index contributed by atoms with van der Waals surface area (Å²) in [6, 6.07) is 0. The summed E-state index contributed by atoms with van der Waals surface area (Å²) >= 11 is 0. The Morgan fingerprint density at radius 1 is 1.25 bits per heavy atom. The van der Waals surface area contributed by atoms with Gasteiger partial charge in [0.2, 0.25) is 12.2 Å². The Morgan fingerprint density at radius 3 is 2.35 bits per heavy atom. The van der Waals surface area contributed by atoms with Crippen molar-refractivity contribution in [2.24, 2.45) is 22.4 Å². The number of ether oxygens (including phenoxy) is 1. The average Bonchev–Trinajstić information content (AvgIpc) is 2.79. The van der Waals surface area contributed by atoms with Gasteiger partial charge < -0.3 is 4.74 Å². The minimum atomic E-state index is -0.0182. The molecule has 0 aromatic rings. The van der Waals surface area contributed by atoms with Crippen LogP contribution in [0.2, 0.25) is 0 Å². The van der Waals surface area contributed by atoms with Gasteiger partial charge >= 0.3 is 0 Å². The summed E-state index contributed by atoms with van der Waals surface area (Å²) in [5.41, 5.74) is 0.436. The highest BCUT2D eigenvalue weighted by Gasteiger charge is 2.36. The Kier molecular flexibility index (Phi) is 4.62. The lowest BCUT2D eigenvalue weighted by Gasteiger charge is -2.36. The molecular formula is C16H31N3O. The quantitative estimate of drug-likeness (QED) is 0.794. The van der Waals surface area contributed by atoms with Crippen molar-refractivity contribution in [1.82, 2.24) is 9.91 Å². The van der Waals surface area contributed by atoms with Crippen LogP contribution >= 0.6 is 0 Å². The fourth-order valence-corrected chi connectivity index (χ4v) is 3.33. The van der Waals surface area contributed by atoms with Gasteiger partial charge in [0.05, 0.1) is 0 Å². The third-order valence-electron chi connectivity index (χ3n) is 4.98. The molecule has 0 N–H and O–H groups in total. The van der Waals surface area contributed by atoms with Crippen molar-refractivity contribution in [2.45, 2.75) is 59.7 Å². The lowest BCUT2D eigenvalue weighted by Crippen LogP contribution is -2.41. The molecule has 0 bridgehead atoms. The first kappa shape index (κ1) is 15.6. The molecule has 1 aliphatic heterocycles. The first-order chi connectivity index (χ1) is 9.32. The first-order valence-electron chi connectivity index (χ1n) is 8.01. The van der Waals surface area contributed by atoms with Crippen LogP contribution in [0.15, 0.2) is 5.10 Å². The van der Waals surface area contributed by atoms with Gasteiger partial charge in [-0.2, -0.15) is 0 Å². The molecular weight excluding hydrogens is 250 g/mol. The Bertz CT molecular complexity index is 353. The van der Waals surface area contributed by atoms with E-state index in [1.807, 2.05) is 12.1 Å². The van der Waals surface area contributed by atoms with E-state index in [9.17, 15) is 0 Å². The van der Waals surface area contributed by atoms with Gasteiger partial charge in [0.15, 0.2) is 0 Å². The molecule has 0 aromatic carbocycles. The number of hydrazone groups is 1. The van der Waals surface area contributed by atoms with Gasteiger partial charge in [0.1, 0.15) is 0 Å². The summed E-state index contributed by atoms with van der Waals surface area (Å²) in [5, 5.41) is 6.59. The van der Waals surface area contributed by atoms with Crippen LogP contribution < -0.4 is 0 Å². The van der Waals surface area contributed by atoms with Crippen molar-refractivity contribution in [3.05, 3.63) is 0 Å². The summed E-state index contributed by atoms with van der Waals surface area (Å²) in [4.78, 5) is 2.18. The number of rotatable bonds is 3. The smallest absolute Gasteiger partial charge is 0.248 e. The number of hydrogen-bond donors (Lipinski definition) is 0. The van der Waals surface area contributed by atoms with Gasteiger partial charge in [-0.15, -0.1) is 5.10 Å². The second-order valence-electron chi connectivity index (χ2n) is 7.44. The van der Waals surface area contributed by atoms with Crippen molar-refractivity contribution in [3.8, 4) is 0 Å². The van der Waals surface area contributed by atoms with E-state index in [0.717, 1.165) is 18.4 Å². The van der Waals surface area contributed by atoms with Gasteiger partial charge in [-0.25, -0.2) is 5.01 Å². The largest absolute Gasteiger partial charge is 0.440 e. The van der Waals surface area contributed by atoms with E-state index in [0.29, 0.717) is 11.3 Å². The van der Waals surface area contributed by atoms with Gasteiger partial charge in [-0.1, -0.05) is 27.7 Å². The highest BCUT2D eigenvalue weighted by molar-refractivity contribution is 5.79. The molecule has 0 aromatic heterocycles. The van der Waals surface area contributed by atoms with Gasteiger partial charge in [0.25, 0.3) is 0 Å². The lowest BCUT2D eigenvalue weighted by molar-refractivity contribution is -0.0501. The topological polar surface area (TPSA) is 28.1 Å². The predicted octanol–water partition coefficient (Wildman–Crippen LogP) is 3.35. The Labute approximate surface area is 124 Å². The zero-order valence-corrected chi connectivity index (χ0v) is 14.0. The minimum Gasteiger partial charge on any atom is -0.440 e. The van der Waals surface area contributed by atoms with Crippen molar-refractivity contribution in [2.75, 3.05) is 20.6 Å². The fourth-order valence-electron chi connectivity index (χ4n) is 3.33. The van der Waals surface area contributed by atoms with Crippen LogP contribution in [0.4, 0.5) is 0 Å².